The van der Waals surface area contributed by atoms with Crippen LogP contribution in [-0.2, 0) is 25.6 Å². The summed E-state index contributed by atoms with van der Waals surface area (Å²) in [6, 6.07) is -1.29. The summed E-state index contributed by atoms with van der Waals surface area (Å²) in [6.45, 7) is 0. The first kappa shape index (κ1) is 15.3. The average Bonchev–Trinajstić information content (AvgIpc) is 2.87. The normalized spacial score (nSPS) is 11.6. The van der Waals surface area contributed by atoms with E-state index in [1.165, 1.54) is 12.5 Å². The molecule has 1 unspecified atom stereocenters. The van der Waals surface area contributed by atoms with Gasteiger partial charge in [-0.05, 0) is 0 Å². The predicted molar refractivity (Wildman–Crippen MR) is 63.7 cm³/mol. The van der Waals surface area contributed by atoms with Crippen LogP contribution < -0.4 is 5.32 Å². The molecule has 1 aromatic rings. The van der Waals surface area contributed by atoms with Crippen LogP contribution in [0.5, 0.6) is 0 Å². The number of ketones is 1. The van der Waals surface area contributed by atoms with Crippen molar-refractivity contribution in [3.8, 4) is 0 Å². The van der Waals surface area contributed by atoms with E-state index in [0.29, 0.717) is 5.69 Å². The van der Waals surface area contributed by atoms with Crippen LogP contribution in [0.4, 0.5) is 0 Å². The quantitative estimate of drug-likeness (QED) is 0.445. The number of carbonyl (C=O) groups excluding carboxylic acids is 2. The van der Waals surface area contributed by atoms with Crippen molar-refractivity contribution in [1.82, 2.24) is 15.3 Å². The molecule has 4 N–H and O–H groups in total. The van der Waals surface area contributed by atoms with E-state index in [4.69, 9.17) is 10.2 Å². The van der Waals surface area contributed by atoms with Crippen molar-refractivity contribution in [2.45, 2.75) is 25.3 Å². The number of carboxylic acid groups (broad SMARTS) is 2. The lowest BCUT2D eigenvalue weighted by Gasteiger charge is -2.12. The Balaban J connectivity index is 2.57. The monoisotopic (exact) mass is 283 g/mol. The van der Waals surface area contributed by atoms with Gasteiger partial charge in [-0.3, -0.25) is 14.4 Å². The third-order valence-electron chi connectivity index (χ3n) is 2.40. The van der Waals surface area contributed by atoms with Crippen LogP contribution in [0.1, 0.15) is 18.5 Å². The summed E-state index contributed by atoms with van der Waals surface area (Å²) in [6.07, 6.45) is 1.73. The van der Waals surface area contributed by atoms with Gasteiger partial charge >= 0.3 is 11.9 Å². The van der Waals surface area contributed by atoms with Crippen LogP contribution in [0.3, 0.4) is 0 Å². The minimum atomic E-state index is -1.31. The number of aromatic nitrogens is 2. The number of aromatic amines is 1. The number of nitrogens with zero attached hydrogens (tertiary/aromatic N) is 1. The minimum absolute atomic E-state index is 0.0622. The second-order valence-corrected chi connectivity index (χ2v) is 3.96. The van der Waals surface area contributed by atoms with Gasteiger partial charge in [-0.25, -0.2) is 9.78 Å². The molecule has 0 aliphatic carbocycles. The first-order chi connectivity index (χ1) is 9.40. The molecule has 0 radical (unpaired) electrons. The maximum atomic E-state index is 11.5. The van der Waals surface area contributed by atoms with Crippen LogP contribution in [0.2, 0.25) is 0 Å². The molecule has 1 rings (SSSR count). The fraction of sp³-hybridized carbons (Fsp3) is 0.364. The lowest BCUT2D eigenvalue weighted by atomic mass is 10.1. The number of amides is 1. The topological polar surface area (TPSA) is 149 Å². The molecule has 9 nitrogen and oxygen atoms in total. The average molecular weight is 283 g/mol. The van der Waals surface area contributed by atoms with Crippen LogP contribution in [0.15, 0.2) is 12.5 Å². The molecule has 0 fully saturated rings. The van der Waals surface area contributed by atoms with Gasteiger partial charge in [0, 0.05) is 24.7 Å². The number of rotatable bonds is 8. The highest BCUT2D eigenvalue weighted by Gasteiger charge is 2.24. The molecular weight excluding hydrogens is 270 g/mol. The Hall–Kier alpha value is -2.71. The van der Waals surface area contributed by atoms with E-state index >= 15 is 0 Å². The molecule has 0 spiro atoms. The molecule has 9 heteroatoms. The summed E-state index contributed by atoms with van der Waals surface area (Å²) < 4.78 is 0. The highest BCUT2D eigenvalue weighted by Crippen LogP contribution is 2.00. The number of hydrogen-bond acceptors (Lipinski definition) is 5. The van der Waals surface area contributed by atoms with Crippen LogP contribution >= 0.6 is 0 Å². The molecule has 0 aromatic carbocycles. The van der Waals surface area contributed by atoms with Gasteiger partial charge in [-0.15, -0.1) is 0 Å². The van der Waals surface area contributed by atoms with E-state index in [2.05, 4.69) is 9.97 Å². The fourth-order valence-corrected chi connectivity index (χ4v) is 1.39. The minimum Gasteiger partial charge on any atom is -0.481 e. The highest BCUT2D eigenvalue weighted by atomic mass is 16.4. The van der Waals surface area contributed by atoms with Crippen LogP contribution in [-0.4, -0.2) is 49.9 Å². The number of nitrogens with one attached hydrogen (secondary N) is 2. The van der Waals surface area contributed by atoms with Crippen LogP contribution in [0, 0.1) is 0 Å². The van der Waals surface area contributed by atoms with Gasteiger partial charge in [-0.2, -0.15) is 0 Å². The van der Waals surface area contributed by atoms with Crippen LogP contribution in [0.25, 0.3) is 0 Å². The molecule has 0 saturated carbocycles. The molecule has 1 aromatic heterocycles. The number of carboxylic acids is 2. The molecule has 1 atom stereocenters. The Kier molecular flexibility index (Phi) is 5.39. The first-order valence-electron chi connectivity index (χ1n) is 5.65. The van der Waals surface area contributed by atoms with E-state index in [-0.39, 0.29) is 6.42 Å². The molecule has 1 heterocycles. The Labute approximate surface area is 113 Å². The number of hydrogen-bond donors (Lipinski definition) is 4. The molecular formula is C11H13N3O6. The van der Waals surface area contributed by atoms with E-state index in [0.717, 1.165) is 0 Å². The molecule has 0 bridgehead atoms. The summed E-state index contributed by atoms with van der Waals surface area (Å²) in [5.74, 6) is -4.60. The standard InChI is InChI=1S/C11H13N3O6/c15-8(1-2-9(16)17)10(18)14-7(11(19)20)3-6-4-12-5-13-6/h4-5,7H,1-3H2,(H,12,13)(H,14,18)(H,16,17)(H,19,20). The molecule has 0 saturated heterocycles. The predicted octanol–water partition coefficient (Wildman–Crippen LogP) is -1.04. The molecule has 1 amide bonds. The maximum Gasteiger partial charge on any atom is 0.326 e. The van der Waals surface area contributed by atoms with E-state index < -0.39 is 42.5 Å². The number of aliphatic carboxylic acids is 2. The van der Waals surface area contributed by atoms with Crippen molar-refractivity contribution in [3.63, 3.8) is 0 Å². The Morgan fingerprint density at radius 1 is 1.25 bits per heavy atom. The third kappa shape index (κ3) is 4.88. The number of H-pyrrole nitrogens is 1. The summed E-state index contributed by atoms with van der Waals surface area (Å²) >= 11 is 0. The summed E-state index contributed by atoms with van der Waals surface area (Å²) in [5.41, 5.74) is 0.482. The highest BCUT2D eigenvalue weighted by molar-refractivity contribution is 6.36. The van der Waals surface area contributed by atoms with Gasteiger partial charge in [0.25, 0.3) is 5.91 Å². The van der Waals surface area contributed by atoms with E-state index in [1.54, 1.807) is 0 Å². The van der Waals surface area contributed by atoms with E-state index in [1.807, 2.05) is 5.32 Å². The summed E-state index contributed by atoms with van der Waals surface area (Å²) in [7, 11) is 0. The van der Waals surface area contributed by atoms with Crippen molar-refractivity contribution in [3.05, 3.63) is 18.2 Å². The van der Waals surface area contributed by atoms with E-state index in [9.17, 15) is 19.2 Å². The second-order valence-electron chi connectivity index (χ2n) is 3.96. The molecule has 20 heavy (non-hydrogen) atoms. The lowest BCUT2D eigenvalue weighted by Crippen LogP contribution is -2.45. The van der Waals surface area contributed by atoms with Gasteiger partial charge in [0.05, 0.1) is 12.7 Å². The zero-order chi connectivity index (χ0) is 15.1. The molecule has 0 aliphatic rings. The number of imidazole rings is 1. The van der Waals surface area contributed by atoms with Crippen molar-refractivity contribution >= 4 is 23.6 Å². The lowest BCUT2D eigenvalue weighted by molar-refractivity contribution is -0.145. The SMILES string of the molecule is O=C(O)CCC(=O)C(=O)NC(Cc1cnc[nH]1)C(=O)O. The van der Waals surface area contributed by atoms with Crippen molar-refractivity contribution < 1.29 is 29.4 Å². The Bertz CT molecular complexity index is 510. The zero-order valence-corrected chi connectivity index (χ0v) is 10.3. The van der Waals surface area contributed by atoms with Gasteiger partial charge in [0.1, 0.15) is 6.04 Å². The zero-order valence-electron chi connectivity index (χ0n) is 10.3. The molecule has 0 aliphatic heterocycles. The summed E-state index contributed by atoms with van der Waals surface area (Å²) in [5, 5.41) is 19.4. The number of carbonyl (C=O) groups is 4. The van der Waals surface area contributed by atoms with Gasteiger partial charge < -0.3 is 20.5 Å². The third-order valence-corrected chi connectivity index (χ3v) is 2.40. The largest absolute Gasteiger partial charge is 0.481 e. The van der Waals surface area contributed by atoms with Gasteiger partial charge in [-0.1, -0.05) is 0 Å². The Morgan fingerprint density at radius 3 is 2.45 bits per heavy atom. The molecule has 108 valence electrons. The Morgan fingerprint density at radius 2 is 1.95 bits per heavy atom. The summed E-state index contributed by atoms with van der Waals surface area (Å²) in [4.78, 5) is 50.4. The van der Waals surface area contributed by atoms with Crippen molar-refractivity contribution in [2.24, 2.45) is 0 Å². The van der Waals surface area contributed by atoms with Crippen molar-refractivity contribution in [1.29, 1.82) is 0 Å². The fourth-order valence-electron chi connectivity index (χ4n) is 1.39. The first-order valence-corrected chi connectivity index (χ1v) is 5.65. The smallest absolute Gasteiger partial charge is 0.326 e. The second kappa shape index (κ2) is 7.02. The van der Waals surface area contributed by atoms with Crippen molar-refractivity contribution in [2.75, 3.05) is 0 Å². The number of Topliss-reactive ketones (excluding diaryl/α,β-unsaturated/α-hetero) is 1. The van der Waals surface area contributed by atoms with Gasteiger partial charge in [0.2, 0.25) is 5.78 Å². The van der Waals surface area contributed by atoms with Gasteiger partial charge in [0.15, 0.2) is 0 Å². The maximum absolute atomic E-state index is 11.5.